The molecule has 0 saturated heterocycles. The van der Waals surface area contributed by atoms with Gasteiger partial charge in [-0.1, -0.05) is 57.2 Å². The number of hydrogen-bond acceptors (Lipinski definition) is 5. The average Bonchev–Trinajstić information content (AvgIpc) is 3.55. The third-order valence-electron chi connectivity index (χ3n) is 6.34. The third kappa shape index (κ3) is 4.89. The summed E-state index contributed by atoms with van der Waals surface area (Å²) >= 11 is 1.45. The first-order valence-corrected chi connectivity index (χ1v) is 12.8. The fraction of sp³-hybridized carbons (Fsp3) is 0.310. The van der Waals surface area contributed by atoms with Gasteiger partial charge in [0.25, 0.3) is 5.56 Å². The second kappa shape index (κ2) is 9.34. The highest BCUT2D eigenvalue weighted by atomic mass is 32.1. The first kappa shape index (κ1) is 23.4. The molecule has 5 rings (SSSR count). The summed E-state index contributed by atoms with van der Waals surface area (Å²) in [6.45, 7) is 7.23. The van der Waals surface area contributed by atoms with Gasteiger partial charge in [-0.05, 0) is 53.5 Å². The van der Waals surface area contributed by atoms with Gasteiger partial charge in [-0.25, -0.2) is 4.98 Å². The van der Waals surface area contributed by atoms with Crippen molar-refractivity contribution in [2.45, 2.75) is 39.0 Å². The van der Waals surface area contributed by atoms with Crippen molar-refractivity contribution >= 4 is 28.4 Å². The number of para-hydroxylation sites is 1. The van der Waals surface area contributed by atoms with Crippen molar-refractivity contribution < 1.29 is 9.47 Å². The number of methoxy groups -OCH3 is 1. The van der Waals surface area contributed by atoms with Crippen molar-refractivity contribution in [3.05, 3.63) is 81.2 Å². The van der Waals surface area contributed by atoms with Gasteiger partial charge >= 0.3 is 0 Å². The molecule has 0 amide bonds. The van der Waals surface area contributed by atoms with Crippen molar-refractivity contribution in [2.24, 2.45) is 5.92 Å². The van der Waals surface area contributed by atoms with Crippen LogP contribution in [-0.4, -0.2) is 23.1 Å². The zero-order valence-corrected chi connectivity index (χ0v) is 21.4. The van der Waals surface area contributed by atoms with E-state index in [4.69, 9.17) is 14.5 Å². The Morgan fingerprint density at radius 3 is 2.57 bits per heavy atom. The van der Waals surface area contributed by atoms with Crippen molar-refractivity contribution in [1.29, 1.82) is 0 Å². The number of benzene rings is 2. The van der Waals surface area contributed by atoms with Crippen molar-refractivity contribution in [1.82, 2.24) is 9.38 Å². The maximum absolute atomic E-state index is 13.5. The number of fused-ring (bicyclic) bond motifs is 1. The number of aromatic nitrogens is 2. The van der Waals surface area contributed by atoms with E-state index in [0.717, 1.165) is 16.9 Å². The Morgan fingerprint density at radius 1 is 1.11 bits per heavy atom. The van der Waals surface area contributed by atoms with Crippen LogP contribution in [-0.2, 0) is 5.41 Å². The summed E-state index contributed by atoms with van der Waals surface area (Å²) in [4.78, 5) is 19.0. The van der Waals surface area contributed by atoms with E-state index >= 15 is 0 Å². The minimum Gasteiger partial charge on any atom is -0.493 e. The van der Waals surface area contributed by atoms with E-state index in [-0.39, 0.29) is 11.0 Å². The van der Waals surface area contributed by atoms with Crippen molar-refractivity contribution in [3.63, 3.8) is 0 Å². The van der Waals surface area contributed by atoms with Gasteiger partial charge in [-0.2, -0.15) is 0 Å². The Hall–Kier alpha value is -3.38. The van der Waals surface area contributed by atoms with E-state index in [1.54, 1.807) is 17.7 Å². The highest BCUT2D eigenvalue weighted by Crippen LogP contribution is 2.36. The van der Waals surface area contributed by atoms with Gasteiger partial charge in [0.2, 0.25) is 0 Å². The SMILES string of the molecule is COc1cccc(C=Cc2nc3sccn3c(=O)c2-c2ccc(C(C)(C)C)cc2)c1OCC1CC1. The Balaban J connectivity index is 1.59. The van der Waals surface area contributed by atoms with E-state index in [9.17, 15) is 4.79 Å². The molecule has 4 aromatic rings. The standard InChI is InChI=1S/C29H30N2O3S/c1-29(2,3)22-13-10-20(11-14-22)25-23(30-28-31(27(25)32)16-17-35-28)15-12-21-6-5-7-24(33-4)26(21)34-18-19-8-9-19/h5-7,10-17,19H,8-9,18H2,1-4H3. The summed E-state index contributed by atoms with van der Waals surface area (Å²) < 4.78 is 13.3. The van der Waals surface area contributed by atoms with Gasteiger partial charge in [0.1, 0.15) is 0 Å². The topological polar surface area (TPSA) is 52.8 Å². The molecule has 1 fully saturated rings. The molecule has 1 saturated carbocycles. The number of rotatable bonds is 7. The molecule has 0 bridgehead atoms. The number of ether oxygens (including phenoxy) is 2. The lowest BCUT2D eigenvalue weighted by Crippen LogP contribution is -2.17. The molecule has 2 aromatic heterocycles. The lowest BCUT2D eigenvalue weighted by molar-refractivity contribution is 0.280. The fourth-order valence-electron chi connectivity index (χ4n) is 4.06. The van der Waals surface area contributed by atoms with Gasteiger partial charge in [-0.3, -0.25) is 9.20 Å². The molecule has 0 N–H and O–H groups in total. The summed E-state index contributed by atoms with van der Waals surface area (Å²) in [5.74, 6) is 2.05. The largest absolute Gasteiger partial charge is 0.493 e. The van der Waals surface area contributed by atoms with Crippen molar-refractivity contribution in [2.75, 3.05) is 13.7 Å². The van der Waals surface area contributed by atoms with Crippen LogP contribution in [0.25, 0.3) is 28.2 Å². The molecule has 180 valence electrons. The monoisotopic (exact) mass is 486 g/mol. The normalized spacial score (nSPS) is 14.1. The first-order valence-electron chi connectivity index (χ1n) is 11.9. The molecule has 0 spiro atoms. The van der Waals surface area contributed by atoms with Crippen LogP contribution in [0.5, 0.6) is 11.5 Å². The molecular weight excluding hydrogens is 456 g/mol. The Bertz CT molecular complexity index is 1440. The van der Waals surface area contributed by atoms with Crippen LogP contribution in [0.1, 0.15) is 50.4 Å². The zero-order chi connectivity index (χ0) is 24.6. The Kier molecular flexibility index (Phi) is 6.24. The number of thiazole rings is 1. The minimum atomic E-state index is -0.0738. The highest BCUT2D eigenvalue weighted by Gasteiger charge is 2.23. The van der Waals surface area contributed by atoms with Crippen LogP contribution in [0.3, 0.4) is 0 Å². The van der Waals surface area contributed by atoms with Gasteiger partial charge in [0, 0.05) is 17.1 Å². The number of hydrogen-bond donors (Lipinski definition) is 0. The van der Waals surface area contributed by atoms with Crippen molar-refractivity contribution in [3.8, 4) is 22.6 Å². The van der Waals surface area contributed by atoms with Crippen LogP contribution in [0.2, 0.25) is 0 Å². The van der Waals surface area contributed by atoms with E-state index in [1.165, 1.54) is 29.7 Å². The molecule has 2 aromatic carbocycles. The lowest BCUT2D eigenvalue weighted by Gasteiger charge is -2.19. The average molecular weight is 487 g/mol. The van der Waals surface area contributed by atoms with E-state index in [2.05, 4.69) is 32.9 Å². The zero-order valence-electron chi connectivity index (χ0n) is 20.6. The second-order valence-corrected chi connectivity index (χ2v) is 10.9. The summed E-state index contributed by atoms with van der Waals surface area (Å²) in [5.41, 5.74) is 4.15. The third-order valence-corrected chi connectivity index (χ3v) is 7.10. The predicted octanol–water partition coefficient (Wildman–Crippen LogP) is 6.69. The summed E-state index contributed by atoms with van der Waals surface area (Å²) in [5, 5.41) is 1.88. The van der Waals surface area contributed by atoms with Gasteiger partial charge in [0.05, 0.1) is 25.0 Å². The predicted molar refractivity (Wildman–Crippen MR) is 144 cm³/mol. The van der Waals surface area contributed by atoms with Crippen LogP contribution in [0.4, 0.5) is 0 Å². The maximum atomic E-state index is 13.5. The second-order valence-electron chi connectivity index (χ2n) is 10.0. The summed E-state index contributed by atoms with van der Waals surface area (Å²) in [7, 11) is 1.65. The summed E-state index contributed by atoms with van der Waals surface area (Å²) in [6.07, 6.45) is 8.08. The van der Waals surface area contributed by atoms with Gasteiger partial charge in [0.15, 0.2) is 16.5 Å². The fourth-order valence-corrected chi connectivity index (χ4v) is 4.77. The molecule has 0 aliphatic heterocycles. The molecule has 1 aliphatic rings. The van der Waals surface area contributed by atoms with E-state index < -0.39 is 0 Å². The first-order chi connectivity index (χ1) is 16.8. The van der Waals surface area contributed by atoms with Gasteiger partial charge < -0.3 is 9.47 Å². The molecular formula is C29H30N2O3S. The molecule has 0 radical (unpaired) electrons. The smallest absolute Gasteiger partial charge is 0.266 e. The molecule has 2 heterocycles. The number of nitrogens with zero attached hydrogens (tertiary/aromatic N) is 2. The Labute approximate surface area is 209 Å². The van der Waals surface area contributed by atoms with Crippen LogP contribution in [0, 0.1) is 5.92 Å². The molecule has 35 heavy (non-hydrogen) atoms. The molecule has 0 atom stereocenters. The molecule has 0 unspecified atom stereocenters. The maximum Gasteiger partial charge on any atom is 0.266 e. The summed E-state index contributed by atoms with van der Waals surface area (Å²) in [6, 6.07) is 14.1. The quantitative estimate of drug-likeness (QED) is 0.292. The van der Waals surface area contributed by atoms with Crippen LogP contribution >= 0.6 is 11.3 Å². The van der Waals surface area contributed by atoms with E-state index in [0.29, 0.717) is 34.5 Å². The van der Waals surface area contributed by atoms with Gasteiger partial charge in [-0.15, -0.1) is 11.3 Å². The van der Waals surface area contributed by atoms with E-state index in [1.807, 2.05) is 47.9 Å². The molecule has 1 aliphatic carbocycles. The molecule has 5 nitrogen and oxygen atoms in total. The Morgan fingerprint density at radius 2 is 1.89 bits per heavy atom. The highest BCUT2D eigenvalue weighted by molar-refractivity contribution is 7.15. The van der Waals surface area contributed by atoms with Crippen LogP contribution < -0.4 is 15.0 Å². The molecule has 6 heteroatoms. The van der Waals surface area contributed by atoms with Crippen LogP contribution in [0.15, 0.2) is 58.8 Å². The minimum absolute atomic E-state index is 0.0368. The lowest BCUT2D eigenvalue weighted by atomic mass is 9.86.